The van der Waals surface area contributed by atoms with Gasteiger partial charge >= 0.3 is 0 Å². The molecule has 0 aliphatic rings. The Kier molecular flexibility index (Phi) is 4.45. The molecule has 104 valence electrons. The van der Waals surface area contributed by atoms with Crippen LogP contribution in [0.5, 0.6) is 0 Å². The van der Waals surface area contributed by atoms with Crippen molar-refractivity contribution in [2.45, 2.75) is 6.54 Å². The van der Waals surface area contributed by atoms with Gasteiger partial charge in [-0.1, -0.05) is 84.9 Å². The van der Waals surface area contributed by atoms with Crippen LogP contribution < -0.4 is 21.6 Å². The van der Waals surface area contributed by atoms with E-state index < -0.39 is 7.92 Å². The fraction of sp³-hybridized carbons (Fsp3) is 0.0526. The maximum atomic E-state index is 5.70. The highest BCUT2D eigenvalue weighted by molar-refractivity contribution is 7.79. The molecule has 0 aliphatic carbocycles. The van der Waals surface area contributed by atoms with Gasteiger partial charge in [0.2, 0.25) is 0 Å². The van der Waals surface area contributed by atoms with E-state index in [4.69, 9.17) is 5.73 Å². The molecule has 0 saturated heterocycles. The molecule has 2 N–H and O–H groups in total. The van der Waals surface area contributed by atoms with E-state index in [0.717, 1.165) is 0 Å². The third kappa shape index (κ3) is 3.21. The largest absolute Gasteiger partial charge is 0.326 e. The van der Waals surface area contributed by atoms with E-state index in [1.54, 1.807) is 0 Å². The summed E-state index contributed by atoms with van der Waals surface area (Å²) in [5.41, 5.74) is 6.88. The summed E-state index contributed by atoms with van der Waals surface area (Å²) in [6, 6.07) is 30.2. The van der Waals surface area contributed by atoms with Gasteiger partial charge in [0.1, 0.15) is 0 Å². The molecule has 1 nitrogen and oxygen atoms in total. The minimum Gasteiger partial charge on any atom is -0.326 e. The van der Waals surface area contributed by atoms with Crippen molar-refractivity contribution in [1.29, 1.82) is 0 Å². The first kappa shape index (κ1) is 14.0. The molecule has 3 aromatic carbocycles. The molecule has 0 atom stereocenters. The minimum absolute atomic E-state index is 0.504. The average molecular weight is 291 g/mol. The van der Waals surface area contributed by atoms with Gasteiger partial charge in [-0.2, -0.15) is 0 Å². The first-order valence-corrected chi connectivity index (χ1v) is 8.42. The Labute approximate surface area is 127 Å². The molecule has 0 amide bonds. The zero-order valence-electron chi connectivity index (χ0n) is 11.8. The Balaban J connectivity index is 2.07. The smallest absolute Gasteiger partial charge is 0.0178 e. The van der Waals surface area contributed by atoms with E-state index in [2.05, 4.69) is 84.9 Å². The molecule has 3 aromatic rings. The summed E-state index contributed by atoms with van der Waals surface area (Å²) in [5.74, 6) is 0. The van der Waals surface area contributed by atoms with Crippen LogP contribution in [0.1, 0.15) is 5.56 Å². The van der Waals surface area contributed by atoms with Crippen molar-refractivity contribution in [1.82, 2.24) is 0 Å². The molecule has 21 heavy (non-hydrogen) atoms. The van der Waals surface area contributed by atoms with Gasteiger partial charge < -0.3 is 5.73 Å². The number of benzene rings is 3. The Bertz CT molecular complexity index is 638. The maximum absolute atomic E-state index is 5.70. The highest BCUT2D eigenvalue weighted by atomic mass is 31.1. The topological polar surface area (TPSA) is 26.0 Å². The van der Waals surface area contributed by atoms with Crippen molar-refractivity contribution in [3.05, 3.63) is 90.5 Å². The van der Waals surface area contributed by atoms with E-state index in [-0.39, 0.29) is 0 Å². The summed E-state index contributed by atoms with van der Waals surface area (Å²) in [7, 11) is -0.504. The van der Waals surface area contributed by atoms with Crippen LogP contribution in [0.4, 0.5) is 0 Å². The molecule has 0 spiro atoms. The molecule has 0 fully saturated rings. The lowest BCUT2D eigenvalue weighted by Gasteiger charge is -2.19. The quantitative estimate of drug-likeness (QED) is 0.735. The van der Waals surface area contributed by atoms with Gasteiger partial charge in [-0.05, 0) is 29.4 Å². The van der Waals surface area contributed by atoms with Crippen LogP contribution in [-0.4, -0.2) is 0 Å². The summed E-state index contributed by atoms with van der Waals surface area (Å²) in [6.07, 6.45) is 0. The van der Waals surface area contributed by atoms with Gasteiger partial charge in [-0.25, -0.2) is 0 Å². The van der Waals surface area contributed by atoms with Crippen molar-refractivity contribution in [2.75, 3.05) is 0 Å². The standard InChI is InChI=1S/C19H18NP/c20-15-16-11-13-19(14-12-16)21(17-7-3-1-4-8-17)18-9-5-2-6-10-18/h1-14H,15,20H2. The van der Waals surface area contributed by atoms with Crippen LogP contribution in [0, 0.1) is 0 Å². The summed E-state index contributed by atoms with van der Waals surface area (Å²) in [5, 5.41) is 4.11. The Morgan fingerprint density at radius 1 is 0.571 bits per heavy atom. The Hall–Kier alpha value is -1.95. The lowest BCUT2D eigenvalue weighted by molar-refractivity contribution is 1.07. The van der Waals surface area contributed by atoms with Crippen molar-refractivity contribution in [3.8, 4) is 0 Å². The number of rotatable bonds is 4. The van der Waals surface area contributed by atoms with Crippen LogP contribution in [0.2, 0.25) is 0 Å². The van der Waals surface area contributed by atoms with E-state index in [9.17, 15) is 0 Å². The minimum atomic E-state index is -0.504. The van der Waals surface area contributed by atoms with Gasteiger partial charge in [-0.3, -0.25) is 0 Å². The first-order valence-electron chi connectivity index (χ1n) is 7.08. The van der Waals surface area contributed by atoms with Crippen LogP contribution in [0.3, 0.4) is 0 Å². The Morgan fingerprint density at radius 2 is 1.00 bits per heavy atom. The average Bonchev–Trinajstić information content (AvgIpc) is 2.58. The van der Waals surface area contributed by atoms with Crippen LogP contribution in [0.25, 0.3) is 0 Å². The van der Waals surface area contributed by atoms with Gasteiger partial charge in [0.25, 0.3) is 0 Å². The molecule has 0 unspecified atom stereocenters. The first-order chi connectivity index (χ1) is 10.4. The number of hydrogen-bond acceptors (Lipinski definition) is 1. The normalized spacial score (nSPS) is 10.8. The van der Waals surface area contributed by atoms with Crippen LogP contribution in [0.15, 0.2) is 84.9 Å². The molecule has 3 rings (SSSR count). The van der Waals surface area contributed by atoms with Crippen LogP contribution >= 0.6 is 7.92 Å². The van der Waals surface area contributed by atoms with E-state index >= 15 is 0 Å². The molecular formula is C19H18NP. The lowest BCUT2D eigenvalue weighted by Crippen LogP contribution is -2.20. The van der Waals surface area contributed by atoms with Crippen molar-refractivity contribution >= 4 is 23.8 Å². The molecule has 0 saturated carbocycles. The second-order valence-corrected chi connectivity index (χ2v) is 7.10. The maximum Gasteiger partial charge on any atom is 0.0178 e. The predicted octanol–water partition coefficient (Wildman–Crippen LogP) is 2.90. The van der Waals surface area contributed by atoms with E-state index in [1.165, 1.54) is 21.5 Å². The molecule has 2 heteroatoms. The van der Waals surface area contributed by atoms with Gasteiger partial charge in [0.15, 0.2) is 0 Å². The van der Waals surface area contributed by atoms with Crippen molar-refractivity contribution in [3.63, 3.8) is 0 Å². The molecular weight excluding hydrogens is 273 g/mol. The third-order valence-electron chi connectivity index (χ3n) is 3.46. The molecule has 0 bridgehead atoms. The predicted molar refractivity (Wildman–Crippen MR) is 93.0 cm³/mol. The summed E-state index contributed by atoms with van der Waals surface area (Å²) in [6.45, 7) is 0.592. The van der Waals surface area contributed by atoms with Gasteiger partial charge in [0.05, 0.1) is 0 Å². The molecule has 0 radical (unpaired) electrons. The van der Waals surface area contributed by atoms with E-state index in [0.29, 0.717) is 6.54 Å². The molecule has 0 aromatic heterocycles. The number of hydrogen-bond donors (Lipinski definition) is 1. The summed E-state index contributed by atoms with van der Waals surface area (Å²) < 4.78 is 0. The van der Waals surface area contributed by atoms with E-state index in [1.807, 2.05) is 0 Å². The second-order valence-electron chi connectivity index (χ2n) is 4.88. The van der Waals surface area contributed by atoms with Gasteiger partial charge in [-0.15, -0.1) is 0 Å². The fourth-order valence-corrected chi connectivity index (χ4v) is 4.66. The summed E-state index contributed by atoms with van der Waals surface area (Å²) >= 11 is 0. The summed E-state index contributed by atoms with van der Waals surface area (Å²) in [4.78, 5) is 0. The zero-order chi connectivity index (χ0) is 14.5. The SMILES string of the molecule is NCc1ccc(P(c2ccccc2)c2ccccc2)cc1. The number of nitrogens with two attached hydrogens (primary N) is 1. The van der Waals surface area contributed by atoms with Crippen LogP contribution in [-0.2, 0) is 6.54 Å². The zero-order valence-corrected chi connectivity index (χ0v) is 12.7. The van der Waals surface area contributed by atoms with Crippen molar-refractivity contribution in [2.24, 2.45) is 5.73 Å². The Morgan fingerprint density at radius 3 is 1.43 bits per heavy atom. The third-order valence-corrected chi connectivity index (χ3v) is 5.90. The second kappa shape index (κ2) is 6.67. The van der Waals surface area contributed by atoms with Crippen molar-refractivity contribution < 1.29 is 0 Å². The lowest BCUT2D eigenvalue weighted by atomic mass is 10.2. The highest BCUT2D eigenvalue weighted by Gasteiger charge is 2.15. The fourth-order valence-electron chi connectivity index (χ4n) is 2.38. The molecule has 0 heterocycles. The molecule has 0 aliphatic heterocycles. The monoisotopic (exact) mass is 291 g/mol. The van der Waals surface area contributed by atoms with Gasteiger partial charge in [0, 0.05) is 6.54 Å². The highest BCUT2D eigenvalue weighted by Crippen LogP contribution is 2.32.